The Kier molecular flexibility index (Phi) is 9.77. The predicted molar refractivity (Wildman–Crippen MR) is 121 cm³/mol. The molecule has 0 radical (unpaired) electrons. The van der Waals surface area contributed by atoms with Crippen molar-refractivity contribution in [1.82, 2.24) is 0 Å². The van der Waals surface area contributed by atoms with Crippen LogP contribution in [0.5, 0.6) is 0 Å². The summed E-state index contributed by atoms with van der Waals surface area (Å²) in [7, 11) is 0. The van der Waals surface area contributed by atoms with E-state index >= 15 is 0 Å². The van der Waals surface area contributed by atoms with Crippen LogP contribution < -0.4 is 0 Å². The molecule has 1 rings (SSSR count). The summed E-state index contributed by atoms with van der Waals surface area (Å²) in [4.78, 5) is 12.4. The first-order chi connectivity index (χ1) is 12.9. The lowest BCUT2D eigenvalue weighted by Crippen LogP contribution is -2.14. The monoisotopic (exact) mass is 406 g/mol. The van der Waals surface area contributed by atoms with E-state index in [1.807, 2.05) is 31.2 Å². The molecule has 0 bridgehead atoms. The quantitative estimate of drug-likeness (QED) is 0.293. The molecular formula is C25H39ClO2. The Morgan fingerprint density at radius 2 is 1.86 bits per heavy atom. The van der Waals surface area contributed by atoms with Crippen molar-refractivity contribution >= 4 is 17.6 Å². The fourth-order valence-corrected chi connectivity index (χ4v) is 3.30. The van der Waals surface area contributed by atoms with Crippen LogP contribution in [0.1, 0.15) is 91.2 Å². The van der Waals surface area contributed by atoms with E-state index in [4.69, 9.17) is 16.3 Å². The molecule has 158 valence electrons. The molecule has 0 aliphatic rings. The van der Waals surface area contributed by atoms with Crippen molar-refractivity contribution in [3.8, 4) is 0 Å². The SMILES string of the molecule is CCCCC(C)(C)/C=C/COC(=O)C(C)c1ccc(CCC(C)(C)C)c(Cl)c1. The standard InChI is InChI=1S/C25H39ClO2/c1-8-9-14-25(6,7)15-10-17-28-23(27)19(2)21-12-11-20(22(26)18-21)13-16-24(3,4)5/h10-12,15,18-19H,8-9,13-14,16-17H2,1-7H3/b15-10+. The Morgan fingerprint density at radius 3 is 2.43 bits per heavy atom. The number of unbranched alkanes of at least 4 members (excludes halogenated alkanes) is 1. The van der Waals surface area contributed by atoms with Gasteiger partial charge in [-0.1, -0.05) is 90.3 Å². The molecular weight excluding hydrogens is 368 g/mol. The van der Waals surface area contributed by atoms with Gasteiger partial charge in [-0.25, -0.2) is 0 Å². The van der Waals surface area contributed by atoms with Gasteiger partial charge in [0.05, 0.1) is 5.92 Å². The van der Waals surface area contributed by atoms with Gasteiger partial charge in [-0.3, -0.25) is 4.79 Å². The van der Waals surface area contributed by atoms with Gasteiger partial charge < -0.3 is 4.74 Å². The molecule has 0 aliphatic heterocycles. The molecule has 0 saturated carbocycles. The van der Waals surface area contributed by atoms with E-state index in [2.05, 4.69) is 47.6 Å². The molecule has 1 aromatic rings. The summed E-state index contributed by atoms with van der Waals surface area (Å²) in [5.74, 6) is -0.537. The number of halogens is 1. The van der Waals surface area contributed by atoms with Crippen LogP contribution in [0.15, 0.2) is 30.4 Å². The lowest BCUT2D eigenvalue weighted by atomic mass is 9.87. The molecule has 1 unspecified atom stereocenters. The molecule has 1 atom stereocenters. The number of carbonyl (C=O) groups is 1. The predicted octanol–water partition coefficient (Wildman–Crippen LogP) is 7.74. The van der Waals surface area contributed by atoms with Gasteiger partial charge in [0.2, 0.25) is 0 Å². The molecule has 0 heterocycles. The number of esters is 1. The van der Waals surface area contributed by atoms with Crippen LogP contribution in [0.25, 0.3) is 0 Å². The maximum absolute atomic E-state index is 12.4. The van der Waals surface area contributed by atoms with Crippen LogP contribution in [0, 0.1) is 10.8 Å². The number of hydrogen-bond acceptors (Lipinski definition) is 2. The summed E-state index contributed by atoms with van der Waals surface area (Å²) in [6.07, 6.45) is 9.68. The highest BCUT2D eigenvalue weighted by molar-refractivity contribution is 6.31. The molecule has 0 aliphatic carbocycles. The first kappa shape index (κ1) is 24.8. The lowest BCUT2D eigenvalue weighted by molar-refractivity contribution is -0.143. The molecule has 0 saturated heterocycles. The zero-order valence-electron chi connectivity index (χ0n) is 18.9. The van der Waals surface area contributed by atoms with Gasteiger partial charge >= 0.3 is 5.97 Å². The number of rotatable bonds is 10. The van der Waals surface area contributed by atoms with Gasteiger partial charge in [0.25, 0.3) is 0 Å². The second-order valence-corrected chi connectivity index (χ2v) is 10.2. The van der Waals surface area contributed by atoms with E-state index in [1.54, 1.807) is 0 Å². The second-order valence-electron chi connectivity index (χ2n) is 9.76. The van der Waals surface area contributed by atoms with Crippen molar-refractivity contribution in [2.24, 2.45) is 10.8 Å². The van der Waals surface area contributed by atoms with Gasteiger partial charge in [-0.2, -0.15) is 0 Å². The van der Waals surface area contributed by atoms with E-state index in [9.17, 15) is 4.79 Å². The second kappa shape index (κ2) is 11.0. The smallest absolute Gasteiger partial charge is 0.313 e. The highest BCUT2D eigenvalue weighted by Crippen LogP contribution is 2.28. The average Bonchev–Trinajstić information content (AvgIpc) is 2.61. The van der Waals surface area contributed by atoms with E-state index in [1.165, 1.54) is 12.8 Å². The first-order valence-corrected chi connectivity index (χ1v) is 11.0. The summed E-state index contributed by atoms with van der Waals surface area (Å²) in [6, 6.07) is 5.96. The maximum Gasteiger partial charge on any atom is 0.313 e. The topological polar surface area (TPSA) is 26.3 Å². The lowest BCUT2D eigenvalue weighted by Gasteiger charge is -2.20. The Hall–Kier alpha value is -1.28. The third kappa shape index (κ3) is 9.28. The Labute approximate surface area is 177 Å². The average molecular weight is 407 g/mol. The number of aryl methyl sites for hydroxylation is 1. The van der Waals surface area contributed by atoms with E-state index in [0.29, 0.717) is 6.61 Å². The fourth-order valence-electron chi connectivity index (χ4n) is 3.02. The zero-order valence-corrected chi connectivity index (χ0v) is 19.7. The first-order valence-electron chi connectivity index (χ1n) is 10.6. The molecule has 0 fully saturated rings. The summed E-state index contributed by atoms with van der Waals surface area (Å²) in [6.45, 7) is 15.5. The molecule has 0 amide bonds. The summed E-state index contributed by atoms with van der Waals surface area (Å²) in [5.41, 5.74) is 2.46. The molecule has 1 aromatic carbocycles. The van der Waals surface area contributed by atoms with Gasteiger partial charge in [-0.15, -0.1) is 0 Å². The maximum atomic E-state index is 12.4. The van der Waals surface area contributed by atoms with Gasteiger partial charge in [0, 0.05) is 5.02 Å². The van der Waals surface area contributed by atoms with Crippen LogP contribution in [0.4, 0.5) is 0 Å². The van der Waals surface area contributed by atoms with Crippen LogP contribution >= 0.6 is 11.6 Å². The minimum Gasteiger partial charge on any atom is -0.461 e. The summed E-state index contributed by atoms with van der Waals surface area (Å²) in [5, 5.41) is 0.735. The number of carbonyl (C=O) groups excluding carboxylic acids is 1. The largest absolute Gasteiger partial charge is 0.461 e. The van der Waals surface area contributed by atoms with Crippen LogP contribution in [-0.2, 0) is 16.0 Å². The summed E-state index contributed by atoms with van der Waals surface area (Å²) >= 11 is 6.46. The van der Waals surface area contributed by atoms with Crippen molar-refractivity contribution in [3.63, 3.8) is 0 Å². The van der Waals surface area contributed by atoms with Crippen LogP contribution in [0.2, 0.25) is 5.02 Å². The Balaban J connectivity index is 2.60. The third-order valence-corrected chi connectivity index (χ3v) is 5.49. The minimum atomic E-state index is -0.323. The molecule has 3 heteroatoms. The van der Waals surface area contributed by atoms with Crippen molar-refractivity contribution in [3.05, 3.63) is 46.5 Å². The number of hydrogen-bond donors (Lipinski definition) is 0. The molecule has 0 N–H and O–H groups in total. The van der Waals surface area contributed by atoms with Crippen molar-refractivity contribution in [2.45, 2.75) is 86.5 Å². The Morgan fingerprint density at radius 1 is 1.18 bits per heavy atom. The normalized spacial score (nSPS) is 13.7. The van der Waals surface area contributed by atoms with Crippen molar-refractivity contribution in [1.29, 1.82) is 0 Å². The van der Waals surface area contributed by atoms with E-state index in [0.717, 1.165) is 35.4 Å². The highest BCUT2D eigenvalue weighted by atomic mass is 35.5. The van der Waals surface area contributed by atoms with Crippen LogP contribution in [-0.4, -0.2) is 12.6 Å². The number of ether oxygens (including phenoxy) is 1. The third-order valence-electron chi connectivity index (χ3n) is 5.14. The summed E-state index contributed by atoms with van der Waals surface area (Å²) < 4.78 is 5.45. The van der Waals surface area contributed by atoms with Gasteiger partial charge in [0.15, 0.2) is 0 Å². The molecule has 0 spiro atoms. The van der Waals surface area contributed by atoms with Gasteiger partial charge in [0.1, 0.15) is 6.61 Å². The van der Waals surface area contributed by atoms with Crippen LogP contribution in [0.3, 0.4) is 0 Å². The molecule has 2 nitrogen and oxygen atoms in total. The van der Waals surface area contributed by atoms with E-state index in [-0.39, 0.29) is 22.7 Å². The number of benzene rings is 1. The fraction of sp³-hybridized carbons (Fsp3) is 0.640. The molecule has 28 heavy (non-hydrogen) atoms. The Bertz CT molecular complexity index is 653. The van der Waals surface area contributed by atoms with Crippen molar-refractivity contribution < 1.29 is 9.53 Å². The van der Waals surface area contributed by atoms with E-state index < -0.39 is 0 Å². The number of allylic oxidation sites excluding steroid dienone is 1. The highest BCUT2D eigenvalue weighted by Gasteiger charge is 2.19. The van der Waals surface area contributed by atoms with Crippen molar-refractivity contribution in [2.75, 3.05) is 6.61 Å². The molecule has 0 aromatic heterocycles. The minimum absolute atomic E-state index is 0.143. The zero-order chi connectivity index (χ0) is 21.4. The van der Waals surface area contributed by atoms with Gasteiger partial charge in [-0.05, 0) is 54.2 Å².